The van der Waals surface area contributed by atoms with E-state index < -0.39 is 11.5 Å². The Morgan fingerprint density at radius 2 is 1.93 bits per heavy atom. The minimum Gasteiger partial charge on any atom is -0.459 e. The van der Waals surface area contributed by atoms with Gasteiger partial charge in [0.2, 0.25) is 0 Å². The molecular formula is C20H17ClN2O5. The molecule has 0 spiro atoms. The van der Waals surface area contributed by atoms with Crippen molar-refractivity contribution in [1.29, 1.82) is 0 Å². The number of carbonyl (C=O) groups excluding carboxylic acids is 2. The third-order valence-electron chi connectivity index (χ3n) is 4.79. The molecule has 1 aliphatic heterocycles. The Balaban J connectivity index is 1.42. The number of piperidine rings is 1. The molecule has 28 heavy (non-hydrogen) atoms. The first-order valence-electron chi connectivity index (χ1n) is 8.88. The standard InChI is InChI=1S/C20H17ClN2O5/c21-13-3-4-16-12(10-13)11-15(20(26)28-16)18(24)22-14-5-7-23(8-6-14)19(25)17-2-1-9-27-17/h1-4,9-11,14H,5-8H2,(H,22,24). The van der Waals surface area contributed by atoms with Gasteiger partial charge in [-0.15, -0.1) is 0 Å². The van der Waals surface area contributed by atoms with Crippen LogP contribution in [0, 0.1) is 0 Å². The zero-order chi connectivity index (χ0) is 19.7. The Morgan fingerprint density at radius 3 is 2.64 bits per heavy atom. The predicted octanol–water partition coefficient (Wildman–Crippen LogP) is 3.07. The molecule has 8 heteroatoms. The number of halogens is 1. The van der Waals surface area contributed by atoms with Crippen molar-refractivity contribution in [2.24, 2.45) is 0 Å². The lowest BCUT2D eigenvalue weighted by Crippen LogP contribution is -2.47. The van der Waals surface area contributed by atoms with E-state index in [0.717, 1.165) is 0 Å². The molecule has 0 unspecified atom stereocenters. The van der Waals surface area contributed by atoms with Crippen LogP contribution in [0.1, 0.15) is 33.8 Å². The van der Waals surface area contributed by atoms with Crippen molar-refractivity contribution in [2.75, 3.05) is 13.1 Å². The van der Waals surface area contributed by atoms with Gasteiger partial charge >= 0.3 is 5.63 Å². The van der Waals surface area contributed by atoms with Gasteiger partial charge in [-0.3, -0.25) is 9.59 Å². The van der Waals surface area contributed by atoms with Gasteiger partial charge in [-0.1, -0.05) is 11.6 Å². The van der Waals surface area contributed by atoms with Gasteiger partial charge in [0.15, 0.2) is 5.76 Å². The minimum atomic E-state index is -0.697. The number of hydrogen-bond acceptors (Lipinski definition) is 5. The molecule has 1 N–H and O–H groups in total. The topological polar surface area (TPSA) is 92.8 Å². The van der Waals surface area contributed by atoms with E-state index >= 15 is 0 Å². The van der Waals surface area contributed by atoms with E-state index in [2.05, 4.69) is 5.32 Å². The second-order valence-corrected chi connectivity index (χ2v) is 7.08. The summed E-state index contributed by atoms with van der Waals surface area (Å²) in [6, 6.07) is 9.48. The van der Waals surface area contributed by atoms with Crippen LogP contribution in [-0.2, 0) is 0 Å². The highest BCUT2D eigenvalue weighted by molar-refractivity contribution is 6.31. The van der Waals surface area contributed by atoms with Crippen molar-refractivity contribution in [3.8, 4) is 0 Å². The first-order valence-corrected chi connectivity index (χ1v) is 9.26. The molecule has 1 saturated heterocycles. The van der Waals surface area contributed by atoms with Crippen LogP contribution in [0.25, 0.3) is 11.0 Å². The molecule has 1 aromatic carbocycles. The fraction of sp³-hybridized carbons (Fsp3) is 0.250. The van der Waals surface area contributed by atoms with Crippen LogP contribution in [0.5, 0.6) is 0 Å². The van der Waals surface area contributed by atoms with Crippen molar-refractivity contribution in [3.05, 3.63) is 69.4 Å². The lowest BCUT2D eigenvalue weighted by Gasteiger charge is -2.31. The van der Waals surface area contributed by atoms with Crippen LogP contribution in [0.15, 0.2) is 56.3 Å². The molecule has 4 rings (SSSR count). The maximum Gasteiger partial charge on any atom is 0.349 e. The number of amides is 2. The van der Waals surface area contributed by atoms with E-state index in [-0.39, 0.29) is 17.5 Å². The third-order valence-corrected chi connectivity index (χ3v) is 5.02. The van der Waals surface area contributed by atoms with Crippen molar-refractivity contribution < 1.29 is 18.4 Å². The van der Waals surface area contributed by atoms with Crippen molar-refractivity contribution in [2.45, 2.75) is 18.9 Å². The number of benzene rings is 1. The maximum atomic E-state index is 12.6. The highest BCUT2D eigenvalue weighted by Gasteiger charge is 2.26. The molecule has 0 saturated carbocycles. The Kier molecular flexibility index (Phi) is 4.92. The molecule has 1 fully saturated rings. The molecule has 7 nitrogen and oxygen atoms in total. The Hall–Kier alpha value is -3.06. The fourth-order valence-corrected chi connectivity index (χ4v) is 3.48. The minimum absolute atomic E-state index is 0.0659. The second-order valence-electron chi connectivity index (χ2n) is 6.65. The summed E-state index contributed by atoms with van der Waals surface area (Å²) in [5.74, 6) is -0.358. The van der Waals surface area contributed by atoms with Crippen molar-refractivity contribution in [1.82, 2.24) is 10.2 Å². The number of hydrogen-bond donors (Lipinski definition) is 1. The molecule has 0 atom stereocenters. The summed E-state index contributed by atoms with van der Waals surface area (Å²) in [5.41, 5.74) is -0.391. The Labute approximate surface area is 164 Å². The Morgan fingerprint density at radius 1 is 1.14 bits per heavy atom. The van der Waals surface area contributed by atoms with Crippen LogP contribution >= 0.6 is 11.6 Å². The lowest BCUT2D eigenvalue weighted by molar-refractivity contribution is 0.0667. The van der Waals surface area contributed by atoms with E-state index in [1.807, 2.05) is 0 Å². The number of likely N-dealkylation sites (tertiary alicyclic amines) is 1. The molecule has 2 aromatic heterocycles. The molecule has 0 radical (unpaired) electrons. The van der Waals surface area contributed by atoms with Gasteiger partial charge in [-0.2, -0.15) is 0 Å². The van der Waals surface area contributed by atoms with Gasteiger partial charge < -0.3 is 19.1 Å². The van der Waals surface area contributed by atoms with Gasteiger partial charge in [-0.25, -0.2) is 4.79 Å². The van der Waals surface area contributed by atoms with Gasteiger partial charge in [0.25, 0.3) is 11.8 Å². The summed E-state index contributed by atoms with van der Waals surface area (Å²) in [5, 5.41) is 3.92. The van der Waals surface area contributed by atoms with E-state index in [4.69, 9.17) is 20.4 Å². The number of nitrogens with zero attached hydrogens (tertiary/aromatic N) is 1. The van der Waals surface area contributed by atoms with Gasteiger partial charge in [0.1, 0.15) is 11.1 Å². The molecule has 0 bridgehead atoms. The average molecular weight is 401 g/mol. The van der Waals surface area contributed by atoms with Crippen molar-refractivity contribution >= 4 is 34.4 Å². The molecular weight excluding hydrogens is 384 g/mol. The van der Waals surface area contributed by atoms with Crippen LogP contribution in [-0.4, -0.2) is 35.8 Å². The van der Waals surface area contributed by atoms with Gasteiger partial charge in [-0.05, 0) is 49.2 Å². The highest BCUT2D eigenvalue weighted by atomic mass is 35.5. The molecule has 3 heterocycles. The third kappa shape index (κ3) is 3.66. The number of fused-ring (bicyclic) bond motifs is 1. The maximum absolute atomic E-state index is 12.6. The van der Waals surface area contributed by atoms with E-state index in [9.17, 15) is 14.4 Å². The quantitative estimate of drug-likeness (QED) is 0.682. The zero-order valence-corrected chi connectivity index (χ0v) is 15.6. The van der Waals surface area contributed by atoms with Gasteiger partial charge in [0, 0.05) is 29.5 Å². The average Bonchev–Trinajstić information content (AvgIpc) is 3.22. The molecule has 0 aliphatic carbocycles. The normalized spacial score (nSPS) is 15.0. The van der Waals surface area contributed by atoms with E-state index in [0.29, 0.717) is 47.7 Å². The second kappa shape index (κ2) is 7.52. The molecule has 2 amide bonds. The first kappa shape index (κ1) is 18.3. The van der Waals surface area contributed by atoms with E-state index in [1.54, 1.807) is 35.2 Å². The van der Waals surface area contributed by atoms with Crippen LogP contribution in [0.4, 0.5) is 0 Å². The van der Waals surface area contributed by atoms with Crippen LogP contribution in [0.2, 0.25) is 5.02 Å². The van der Waals surface area contributed by atoms with Crippen LogP contribution in [0.3, 0.4) is 0 Å². The molecule has 3 aromatic rings. The Bertz CT molecular complexity index is 1080. The zero-order valence-electron chi connectivity index (χ0n) is 14.8. The summed E-state index contributed by atoms with van der Waals surface area (Å²) >= 11 is 5.96. The summed E-state index contributed by atoms with van der Waals surface area (Å²) in [6.45, 7) is 0.985. The smallest absolute Gasteiger partial charge is 0.349 e. The van der Waals surface area contributed by atoms with Crippen molar-refractivity contribution in [3.63, 3.8) is 0 Å². The number of carbonyl (C=O) groups is 2. The lowest BCUT2D eigenvalue weighted by atomic mass is 10.0. The largest absolute Gasteiger partial charge is 0.459 e. The summed E-state index contributed by atoms with van der Waals surface area (Å²) < 4.78 is 10.3. The summed E-state index contributed by atoms with van der Waals surface area (Å²) in [7, 11) is 0. The fourth-order valence-electron chi connectivity index (χ4n) is 3.30. The molecule has 144 valence electrons. The molecule has 1 aliphatic rings. The summed E-state index contributed by atoms with van der Waals surface area (Å²) in [4.78, 5) is 38.7. The predicted molar refractivity (Wildman–Crippen MR) is 103 cm³/mol. The van der Waals surface area contributed by atoms with E-state index in [1.165, 1.54) is 12.3 Å². The number of furan rings is 1. The monoisotopic (exact) mass is 400 g/mol. The number of nitrogens with one attached hydrogen (secondary N) is 1. The first-order chi connectivity index (χ1) is 13.5. The van der Waals surface area contributed by atoms with Gasteiger partial charge in [0.05, 0.1) is 6.26 Å². The summed E-state index contributed by atoms with van der Waals surface area (Å²) in [6.07, 6.45) is 2.63. The van der Waals surface area contributed by atoms with Crippen LogP contribution < -0.4 is 10.9 Å². The SMILES string of the molecule is O=C(NC1CCN(C(=O)c2ccco2)CC1)c1cc2cc(Cl)ccc2oc1=O. The number of rotatable bonds is 3. The highest BCUT2D eigenvalue weighted by Crippen LogP contribution is 2.19.